The molecule has 1 aliphatic heterocycles. The average Bonchev–Trinajstić information content (AvgIpc) is 3.29. The second-order valence-corrected chi connectivity index (χ2v) is 9.34. The maximum absolute atomic E-state index is 13.1. The van der Waals surface area contributed by atoms with Gasteiger partial charge in [0.05, 0.1) is 28.9 Å². The maximum Gasteiger partial charge on any atom is 0.331 e. The van der Waals surface area contributed by atoms with Crippen molar-refractivity contribution in [2.24, 2.45) is 5.92 Å². The van der Waals surface area contributed by atoms with Crippen LogP contribution < -0.4 is 20.9 Å². The van der Waals surface area contributed by atoms with Crippen molar-refractivity contribution in [3.63, 3.8) is 0 Å². The van der Waals surface area contributed by atoms with Crippen LogP contribution in [0.3, 0.4) is 0 Å². The summed E-state index contributed by atoms with van der Waals surface area (Å²) in [6, 6.07) is 8.82. The van der Waals surface area contributed by atoms with Gasteiger partial charge in [-0.05, 0) is 36.6 Å². The molecular formula is C25H31N9O2. The van der Waals surface area contributed by atoms with Crippen LogP contribution in [0.2, 0.25) is 0 Å². The molecule has 4 rings (SSSR count). The first kappa shape index (κ1) is 24.8. The van der Waals surface area contributed by atoms with Crippen molar-refractivity contribution in [2.45, 2.75) is 25.8 Å². The van der Waals surface area contributed by atoms with E-state index >= 15 is 0 Å². The number of carbonyl (C=O) groups is 2. The van der Waals surface area contributed by atoms with E-state index in [4.69, 9.17) is 11.0 Å². The summed E-state index contributed by atoms with van der Waals surface area (Å²) in [4.78, 5) is 40.0. The number of hydrogen-bond donors (Lipinski definition) is 2. The Hall–Kier alpha value is -4.33. The molecule has 0 aliphatic carbocycles. The molecule has 0 saturated carbocycles. The van der Waals surface area contributed by atoms with E-state index in [-0.39, 0.29) is 24.4 Å². The lowest BCUT2D eigenvalue weighted by molar-refractivity contribution is -0.131. The van der Waals surface area contributed by atoms with Crippen LogP contribution in [0.5, 0.6) is 0 Å². The summed E-state index contributed by atoms with van der Waals surface area (Å²) in [5.41, 5.74) is 8.53. The van der Waals surface area contributed by atoms with Crippen molar-refractivity contribution in [3.8, 4) is 6.07 Å². The van der Waals surface area contributed by atoms with Crippen LogP contribution >= 0.6 is 0 Å². The van der Waals surface area contributed by atoms with E-state index in [0.29, 0.717) is 41.8 Å². The smallest absolute Gasteiger partial charge is 0.331 e. The van der Waals surface area contributed by atoms with Crippen LogP contribution in [-0.4, -0.2) is 71.6 Å². The number of likely N-dealkylation sites (tertiary alicyclic amines) is 1. The van der Waals surface area contributed by atoms with Crippen LogP contribution in [-0.2, 0) is 4.79 Å². The zero-order valence-electron chi connectivity index (χ0n) is 21.0. The standard InChI is InChI=1S/C25H31N9O2/c1-16-8-11-33(22(35)7-10-26)14-21(16)32(4)23-18-9-12-34(24(18)29-15-28-23)25(36)30-20-6-5-17(31(2)3)13-19(20)27/h5-6,9,12-13,15-16,21H,7-8,11,14,27H2,1-4H3,(H,30,36)/t16-,21+/m1/s1. The molecule has 3 N–H and O–H groups in total. The van der Waals surface area contributed by atoms with E-state index in [1.807, 2.05) is 49.1 Å². The highest BCUT2D eigenvalue weighted by Crippen LogP contribution is 2.30. The summed E-state index contributed by atoms with van der Waals surface area (Å²) in [5.74, 6) is 0.828. The van der Waals surface area contributed by atoms with E-state index in [0.717, 1.165) is 17.5 Å². The fourth-order valence-corrected chi connectivity index (χ4v) is 4.62. The minimum Gasteiger partial charge on any atom is -0.397 e. The molecule has 36 heavy (non-hydrogen) atoms. The molecule has 11 heteroatoms. The normalized spacial score (nSPS) is 17.5. The number of fused-ring (bicyclic) bond motifs is 1. The third kappa shape index (κ3) is 4.75. The second kappa shape index (κ2) is 10.1. The van der Waals surface area contributed by atoms with Crippen LogP contribution in [0.4, 0.5) is 27.7 Å². The third-order valence-corrected chi connectivity index (χ3v) is 6.81. The number of nitrogens with one attached hydrogen (secondary N) is 1. The van der Waals surface area contributed by atoms with E-state index < -0.39 is 0 Å². The van der Waals surface area contributed by atoms with Crippen molar-refractivity contribution in [1.82, 2.24) is 19.4 Å². The fourth-order valence-electron chi connectivity index (χ4n) is 4.62. The van der Waals surface area contributed by atoms with E-state index in [1.54, 1.807) is 23.2 Å². The van der Waals surface area contributed by atoms with E-state index in [1.165, 1.54) is 10.9 Å². The first-order valence-corrected chi connectivity index (χ1v) is 11.8. The van der Waals surface area contributed by atoms with Gasteiger partial charge in [-0.3, -0.25) is 9.36 Å². The Bertz CT molecular complexity index is 1330. The Morgan fingerprint density at radius 2 is 2.03 bits per heavy atom. The molecule has 1 aromatic carbocycles. The predicted octanol–water partition coefficient (Wildman–Crippen LogP) is 2.75. The van der Waals surface area contributed by atoms with Gasteiger partial charge in [0.25, 0.3) is 0 Å². The zero-order valence-corrected chi connectivity index (χ0v) is 21.0. The number of nitrogens with zero attached hydrogens (tertiary/aromatic N) is 7. The molecule has 2 atom stereocenters. The van der Waals surface area contributed by atoms with Gasteiger partial charge in [-0.2, -0.15) is 5.26 Å². The number of hydrogen-bond acceptors (Lipinski definition) is 8. The number of carbonyl (C=O) groups excluding carboxylic acids is 2. The molecule has 2 amide bonds. The highest BCUT2D eigenvalue weighted by molar-refractivity contribution is 6.01. The Kier molecular flexibility index (Phi) is 6.96. The molecule has 2 aromatic heterocycles. The van der Waals surface area contributed by atoms with Crippen molar-refractivity contribution in [2.75, 3.05) is 55.1 Å². The lowest BCUT2D eigenvalue weighted by atomic mass is 9.92. The van der Waals surface area contributed by atoms with E-state index in [2.05, 4.69) is 22.2 Å². The lowest BCUT2D eigenvalue weighted by Gasteiger charge is -2.42. The largest absolute Gasteiger partial charge is 0.397 e. The summed E-state index contributed by atoms with van der Waals surface area (Å²) in [6.45, 7) is 3.30. The third-order valence-electron chi connectivity index (χ3n) is 6.81. The number of anilines is 4. The van der Waals surface area contributed by atoms with Gasteiger partial charge in [0.15, 0.2) is 5.65 Å². The molecule has 1 aliphatic rings. The summed E-state index contributed by atoms with van der Waals surface area (Å²) >= 11 is 0. The Morgan fingerprint density at radius 3 is 2.72 bits per heavy atom. The topological polar surface area (TPSA) is 136 Å². The molecule has 1 saturated heterocycles. The summed E-state index contributed by atoms with van der Waals surface area (Å²) < 4.78 is 1.43. The first-order valence-electron chi connectivity index (χ1n) is 11.8. The molecule has 188 valence electrons. The van der Waals surface area contributed by atoms with Gasteiger partial charge in [0.2, 0.25) is 5.91 Å². The van der Waals surface area contributed by atoms with Gasteiger partial charge in [-0.1, -0.05) is 6.92 Å². The molecule has 3 heterocycles. The minimum absolute atomic E-state index is 0.00618. The van der Waals surface area contributed by atoms with Gasteiger partial charge in [-0.15, -0.1) is 0 Å². The highest BCUT2D eigenvalue weighted by Gasteiger charge is 2.33. The number of likely N-dealkylation sites (N-methyl/N-ethyl adjacent to an activating group) is 1. The highest BCUT2D eigenvalue weighted by atomic mass is 16.2. The van der Waals surface area contributed by atoms with Crippen molar-refractivity contribution >= 4 is 45.9 Å². The number of amides is 2. The summed E-state index contributed by atoms with van der Waals surface area (Å²) in [7, 11) is 5.78. The minimum atomic E-state index is -0.388. The number of piperidine rings is 1. The summed E-state index contributed by atoms with van der Waals surface area (Å²) in [6.07, 6.45) is 3.80. The van der Waals surface area contributed by atoms with Crippen LogP contribution in [0.25, 0.3) is 11.0 Å². The number of nitriles is 1. The Morgan fingerprint density at radius 1 is 1.25 bits per heavy atom. The van der Waals surface area contributed by atoms with Crippen LogP contribution in [0.1, 0.15) is 19.8 Å². The lowest BCUT2D eigenvalue weighted by Crippen LogP contribution is -2.52. The first-order chi connectivity index (χ1) is 17.2. The SMILES string of the molecule is C[C@@H]1CCN(C(=O)CC#N)C[C@@H]1N(C)c1ncnc2c1ccn2C(=O)Nc1ccc(N(C)C)cc1N. The number of aromatic nitrogens is 3. The van der Waals surface area contributed by atoms with Gasteiger partial charge in [-0.25, -0.2) is 14.8 Å². The molecule has 1 fully saturated rings. The number of benzene rings is 1. The number of nitrogens with two attached hydrogens (primary N) is 1. The van der Waals surface area contributed by atoms with Crippen molar-refractivity contribution in [1.29, 1.82) is 5.26 Å². The second-order valence-electron chi connectivity index (χ2n) is 9.34. The molecule has 0 radical (unpaired) electrons. The average molecular weight is 490 g/mol. The molecule has 0 unspecified atom stereocenters. The molecule has 0 spiro atoms. The van der Waals surface area contributed by atoms with Crippen molar-refractivity contribution in [3.05, 3.63) is 36.8 Å². The fraction of sp³-hybridized carbons (Fsp3) is 0.400. The quantitative estimate of drug-likeness (QED) is 0.522. The molecule has 0 bridgehead atoms. The van der Waals surface area contributed by atoms with Gasteiger partial charge < -0.3 is 25.8 Å². The van der Waals surface area contributed by atoms with Crippen molar-refractivity contribution < 1.29 is 9.59 Å². The van der Waals surface area contributed by atoms with Gasteiger partial charge in [0, 0.05) is 46.1 Å². The maximum atomic E-state index is 13.1. The van der Waals surface area contributed by atoms with Gasteiger partial charge in [0.1, 0.15) is 18.6 Å². The Labute approximate surface area is 210 Å². The Balaban J connectivity index is 1.58. The van der Waals surface area contributed by atoms with Crippen LogP contribution in [0.15, 0.2) is 36.8 Å². The number of rotatable bonds is 5. The van der Waals surface area contributed by atoms with Gasteiger partial charge >= 0.3 is 6.03 Å². The van der Waals surface area contributed by atoms with E-state index in [9.17, 15) is 9.59 Å². The zero-order chi connectivity index (χ0) is 26.0. The monoisotopic (exact) mass is 489 g/mol. The van der Waals surface area contributed by atoms with Crippen LogP contribution in [0, 0.1) is 17.2 Å². The summed E-state index contributed by atoms with van der Waals surface area (Å²) in [5, 5.41) is 12.5. The molecular weight excluding hydrogens is 458 g/mol. The predicted molar refractivity (Wildman–Crippen MR) is 140 cm³/mol. The molecule has 11 nitrogen and oxygen atoms in total. The number of nitrogen functional groups attached to an aromatic ring is 1. The molecule has 3 aromatic rings.